The lowest BCUT2D eigenvalue weighted by molar-refractivity contribution is 0.321. The number of halogens is 1. The van der Waals surface area contributed by atoms with Gasteiger partial charge in [-0.05, 0) is 46.6 Å². The Morgan fingerprint density at radius 1 is 1.10 bits per heavy atom. The van der Waals surface area contributed by atoms with Crippen molar-refractivity contribution in [3.05, 3.63) is 58.6 Å². The minimum absolute atomic E-state index is 0.206. The average molecular weight is 370 g/mol. The third kappa shape index (κ3) is 4.30. The summed E-state index contributed by atoms with van der Waals surface area (Å²) in [7, 11) is -3.50. The molecule has 0 atom stereocenters. The van der Waals surface area contributed by atoms with Crippen LogP contribution < -0.4 is 9.46 Å². The smallest absolute Gasteiger partial charge is 0.240 e. The first-order chi connectivity index (χ1) is 10.0. The van der Waals surface area contributed by atoms with E-state index in [0.29, 0.717) is 10.6 Å². The number of nitrogens with one attached hydrogen (secondary N) is 1. The van der Waals surface area contributed by atoms with E-state index >= 15 is 0 Å². The Hall–Kier alpha value is -1.37. The van der Waals surface area contributed by atoms with Gasteiger partial charge in [0.15, 0.2) is 0 Å². The number of ether oxygens (including phenoxy) is 1. The second-order valence-corrected chi connectivity index (χ2v) is 7.03. The van der Waals surface area contributed by atoms with Gasteiger partial charge in [0.2, 0.25) is 10.0 Å². The second kappa shape index (κ2) is 7.06. The molecule has 0 aliphatic carbocycles. The number of rotatable bonds is 6. The highest BCUT2D eigenvalue weighted by atomic mass is 79.9. The molecule has 0 saturated carbocycles. The molecule has 6 heteroatoms. The van der Waals surface area contributed by atoms with Crippen LogP contribution in [0.15, 0.2) is 57.9 Å². The fraction of sp³-hybridized carbons (Fsp3) is 0.200. The van der Waals surface area contributed by atoms with Gasteiger partial charge in [-0.25, -0.2) is 13.1 Å². The Balaban J connectivity index is 1.92. The molecule has 0 saturated heterocycles. The zero-order chi connectivity index (χ0) is 15.3. The topological polar surface area (TPSA) is 55.4 Å². The average Bonchev–Trinajstić information content (AvgIpc) is 2.45. The molecule has 1 N–H and O–H groups in total. The maximum atomic E-state index is 12.2. The van der Waals surface area contributed by atoms with E-state index < -0.39 is 10.0 Å². The second-order valence-electron chi connectivity index (χ2n) is 4.44. The predicted molar refractivity (Wildman–Crippen MR) is 86.0 cm³/mol. The Morgan fingerprint density at radius 2 is 1.76 bits per heavy atom. The van der Waals surface area contributed by atoms with Gasteiger partial charge < -0.3 is 4.74 Å². The summed E-state index contributed by atoms with van der Waals surface area (Å²) in [4.78, 5) is 0.297. The molecule has 0 fully saturated rings. The lowest BCUT2D eigenvalue weighted by Crippen LogP contribution is -2.28. The number of benzene rings is 2. The van der Waals surface area contributed by atoms with E-state index in [-0.39, 0.29) is 13.2 Å². The summed E-state index contributed by atoms with van der Waals surface area (Å²) < 4.78 is 33.2. The standard InChI is InChI=1S/C15H16BrNO3S/c1-12-6-2-5-9-15(12)21(18,19)17-10-11-20-14-8-4-3-7-13(14)16/h2-9,17H,10-11H2,1H3. The predicted octanol–water partition coefficient (Wildman–Crippen LogP) is 3.11. The van der Waals surface area contributed by atoms with Crippen molar-refractivity contribution < 1.29 is 13.2 Å². The largest absolute Gasteiger partial charge is 0.491 e. The molecule has 0 heterocycles. The highest BCUT2D eigenvalue weighted by Crippen LogP contribution is 2.23. The van der Waals surface area contributed by atoms with E-state index in [2.05, 4.69) is 20.7 Å². The molecular weight excluding hydrogens is 354 g/mol. The van der Waals surface area contributed by atoms with Gasteiger partial charge in [-0.2, -0.15) is 0 Å². The molecule has 2 aromatic rings. The van der Waals surface area contributed by atoms with Crippen LogP contribution in [0, 0.1) is 6.92 Å². The summed E-state index contributed by atoms with van der Waals surface area (Å²) in [6, 6.07) is 14.3. The SMILES string of the molecule is Cc1ccccc1S(=O)(=O)NCCOc1ccccc1Br. The van der Waals surface area contributed by atoms with Crippen molar-refractivity contribution in [1.82, 2.24) is 4.72 Å². The van der Waals surface area contributed by atoms with Crippen LogP contribution in [-0.2, 0) is 10.0 Å². The zero-order valence-corrected chi connectivity index (χ0v) is 13.9. The maximum absolute atomic E-state index is 12.2. The molecule has 0 spiro atoms. The Kier molecular flexibility index (Phi) is 5.39. The molecule has 0 unspecified atom stereocenters. The first kappa shape index (κ1) is 16.0. The summed E-state index contributed by atoms with van der Waals surface area (Å²) in [5, 5.41) is 0. The first-order valence-corrected chi connectivity index (χ1v) is 8.71. The minimum Gasteiger partial charge on any atom is -0.491 e. The number of sulfonamides is 1. The van der Waals surface area contributed by atoms with Crippen molar-refractivity contribution in [2.24, 2.45) is 0 Å². The maximum Gasteiger partial charge on any atom is 0.240 e. The number of aryl methyl sites for hydroxylation is 1. The lowest BCUT2D eigenvalue weighted by Gasteiger charge is -2.10. The molecule has 2 aromatic carbocycles. The van der Waals surface area contributed by atoms with E-state index in [0.717, 1.165) is 10.0 Å². The van der Waals surface area contributed by atoms with Crippen LogP contribution >= 0.6 is 15.9 Å². The molecule has 0 radical (unpaired) electrons. The van der Waals surface area contributed by atoms with Gasteiger partial charge in [-0.1, -0.05) is 30.3 Å². The summed E-state index contributed by atoms with van der Waals surface area (Å²) >= 11 is 3.37. The van der Waals surface area contributed by atoms with Crippen molar-refractivity contribution >= 4 is 26.0 Å². The highest BCUT2D eigenvalue weighted by molar-refractivity contribution is 9.10. The third-order valence-corrected chi connectivity index (χ3v) is 5.15. The fourth-order valence-corrected chi connectivity index (χ4v) is 3.49. The summed E-state index contributed by atoms with van der Waals surface area (Å²) in [5.74, 6) is 0.688. The summed E-state index contributed by atoms with van der Waals surface area (Å²) in [6.45, 7) is 2.23. The van der Waals surface area contributed by atoms with Gasteiger partial charge in [-0.3, -0.25) is 0 Å². The van der Waals surface area contributed by atoms with Crippen LogP contribution in [0.4, 0.5) is 0 Å². The van der Waals surface area contributed by atoms with E-state index in [1.807, 2.05) is 30.3 Å². The lowest BCUT2D eigenvalue weighted by atomic mass is 10.2. The molecule has 0 aromatic heterocycles. The summed E-state index contributed by atoms with van der Waals surface area (Å²) in [5.41, 5.74) is 0.719. The van der Waals surface area contributed by atoms with Gasteiger partial charge in [0.05, 0.1) is 9.37 Å². The van der Waals surface area contributed by atoms with Crippen LogP contribution in [0.2, 0.25) is 0 Å². The molecule has 0 amide bonds. The van der Waals surface area contributed by atoms with Crippen molar-refractivity contribution in [3.63, 3.8) is 0 Å². The summed E-state index contributed by atoms with van der Waals surface area (Å²) in [6.07, 6.45) is 0. The van der Waals surface area contributed by atoms with Crippen molar-refractivity contribution in [3.8, 4) is 5.75 Å². The van der Waals surface area contributed by atoms with Crippen LogP contribution in [0.25, 0.3) is 0 Å². The highest BCUT2D eigenvalue weighted by Gasteiger charge is 2.15. The zero-order valence-electron chi connectivity index (χ0n) is 11.5. The number of para-hydroxylation sites is 1. The number of hydrogen-bond donors (Lipinski definition) is 1. The van der Waals surface area contributed by atoms with Gasteiger partial charge in [-0.15, -0.1) is 0 Å². The molecule has 21 heavy (non-hydrogen) atoms. The van der Waals surface area contributed by atoms with Crippen LogP contribution in [0.5, 0.6) is 5.75 Å². The molecule has 2 rings (SSSR count). The molecule has 0 aliphatic rings. The van der Waals surface area contributed by atoms with Crippen LogP contribution in [0.1, 0.15) is 5.56 Å². The molecule has 112 valence electrons. The monoisotopic (exact) mass is 369 g/mol. The van der Waals surface area contributed by atoms with E-state index in [1.165, 1.54) is 0 Å². The minimum atomic E-state index is -3.50. The van der Waals surface area contributed by atoms with Crippen molar-refractivity contribution in [2.45, 2.75) is 11.8 Å². The van der Waals surface area contributed by atoms with Gasteiger partial charge >= 0.3 is 0 Å². The van der Waals surface area contributed by atoms with Crippen molar-refractivity contribution in [2.75, 3.05) is 13.2 Å². The van der Waals surface area contributed by atoms with E-state index in [4.69, 9.17) is 4.74 Å². The normalized spacial score (nSPS) is 11.3. The molecule has 4 nitrogen and oxygen atoms in total. The van der Waals surface area contributed by atoms with E-state index in [1.54, 1.807) is 25.1 Å². The fourth-order valence-electron chi connectivity index (χ4n) is 1.83. The Labute approximate surface area is 133 Å². The van der Waals surface area contributed by atoms with Crippen LogP contribution in [0.3, 0.4) is 0 Å². The quantitative estimate of drug-likeness (QED) is 0.795. The third-order valence-electron chi connectivity index (χ3n) is 2.87. The van der Waals surface area contributed by atoms with Crippen LogP contribution in [-0.4, -0.2) is 21.6 Å². The molecule has 0 bridgehead atoms. The Morgan fingerprint density at radius 3 is 2.48 bits per heavy atom. The van der Waals surface area contributed by atoms with Crippen molar-refractivity contribution in [1.29, 1.82) is 0 Å². The molecule has 0 aliphatic heterocycles. The Bertz CT molecular complexity index is 716. The first-order valence-electron chi connectivity index (χ1n) is 6.43. The van der Waals surface area contributed by atoms with Gasteiger partial charge in [0, 0.05) is 6.54 Å². The van der Waals surface area contributed by atoms with E-state index in [9.17, 15) is 8.42 Å². The molecular formula is C15H16BrNO3S. The van der Waals surface area contributed by atoms with Gasteiger partial charge in [0.25, 0.3) is 0 Å². The number of hydrogen-bond acceptors (Lipinski definition) is 3. The van der Waals surface area contributed by atoms with Gasteiger partial charge in [0.1, 0.15) is 12.4 Å².